The number of rotatable bonds is 6. The van der Waals surface area contributed by atoms with E-state index in [1.54, 1.807) is 0 Å². The molecule has 1 N–H and O–H groups in total. The SMILES string of the molecule is Cc1nc(-c2ccc(Cl)s2)sc1C(=O)NCC1CN(CC(C)C)CCO1. The van der Waals surface area contributed by atoms with Gasteiger partial charge in [0.15, 0.2) is 0 Å². The first-order valence-electron chi connectivity index (χ1n) is 8.77. The van der Waals surface area contributed by atoms with E-state index in [0.29, 0.717) is 17.3 Å². The fourth-order valence-electron chi connectivity index (χ4n) is 3.01. The van der Waals surface area contributed by atoms with Gasteiger partial charge in [0, 0.05) is 26.2 Å². The number of nitrogens with one attached hydrogen (secondary N) is 1. The van der Waals surface area contributed by atoms with Crippen molar-refractivity contribution in [1.82, 2.24) is 15.2 Å². The van der Waals surface area contributed by atoms with Crippen molar-refractivity contribution < 1.29 is 9.53 Å². The predicted molar refractivity (Wildman–Crippen MR) is 109 cm³/mol. The molecule has 3 heterocycles. The Morgan fingerprint density at radius 2 is 2.27 bits per heavy atom. The second-order valence-electron chi connectivity index (χ2n) is 6.89. The molecule has 0 aromatic carbocycles. The van der Waals surface area contributed by atoms with Crippen LogP contribution in [0.2, 0.25) is 4.34 Å². The quantitative estimate of drug-likeness (QED) is 0.779. The molecule has 1 fully saturated rings. The molecule has 1 saturated heterocycles. The number of nitrogens with zero attached hydrogens (tertiary/aromatic N) is 2. The number of thiazole rings is 1. The number of carbonyl (C=O) groups is 1. The van der Waals surface area contributed by atoms with Crippen LogP contribution >= 0.6 is 34.3 Å². The van der Waals surface area contributed by atoms with Crippen LogP contribution in [0.25, 0.3) is 9.88 Å². The van der Waals surface area contributed by atoms with Crippen LogP contribution in [0.3, 0.4) is 0 Å². The molecule has 1 atom stereocenters. The molecule has 1 unspecified atom stereocenters. The monoisotopic (exact) mass is 413 g/mol. The van der Waals surface area contributed by atoms with Gasteiger partial charge in [-0.05, 0) is 25.0 Å². The van der Waals surface area contributed by atoms with Crippen molar-refractivity contribution in [2.75, 3.05) is 32.8 Å². The highest BCUT2D eigenvalue weighted by molar-refractivity contribution is 7.24. The molecule has 1 aliphatic heterocycles. The van der Waals surface area contributed by atoms with E-state index in [1.165, 1.54) is 22.7 Å². The van der Waals surface area contributed by atoms with E-state index in [9.17, 15) is 4.79 Å². The first-order chi connectivity index (χ1) is 12.4. The molecule has 0 radical (unpaired) electrons. The lowest BCUT2D eigenvalue weighted by molar-refractivity contribution is -0.0295. The lowest BCUT2D eigenvalue weighted by atomic mass is 10.2. The summed E-state index contributed by atoms with van der Waals surface area (Å²) in [4.78, 5) is 21.2. The number of ether oxygens (including phenoxy) is 1. The Morgan fingerprint density at radius 3 is 2.96 bits per heavy atom. The van der Waals surface area contributed by atoms with E-state index in [-0.39, 0.29) is 12.0 Å². The van der Waals surface area contributed by atoms with Crippen molar-refractivity contribution in [2.24, 2.45) is 5.92 Å². The first-order valence-corrected chi connectivity index (χ1v) is 10.8. The molecule has 0 aliphatic carbocycles. The van der Waals surface area contributed by atoms with Gasteiger partial charge < -0.3 is 10.1 Å². The third-order valence-electron chi connectivity index (χ3n) is 4.12. The molecule has 1 aliphatic rings. The Hall–Kier alpha value is -0.990. The minimum absolute atomic E-state index is 0.0373. The number of amides is 1. The summed E-state index contributed by atoms with van der Waals surface area (Å²) >= 11 is 8.88. The molecule has 2 aromatic rings. The third kappa shape index (κ3) is 5.04. The minimum atomic E-state index is -0.0847. The van der Waals surface area contributed by atoms with Gasteiger partial charge in [0.1, 0.15) is 9.88 Å². The van der Waals surface area contributed by atoms with Crippen LogP contribution in [0, 0.1) is 12.8 Å². The van der Waals surface area contributed by atoms with Crippen LogP contribution in [0.15, 0.2) is 12.1 Å². The maximum atomic E-state index is 12.6. The highest BCUT2D eigenvalue weighted by Gasteiger charge is 2.23. The van der Waals surface area contributed by atoms with E-state index in [0.717, 1.165) is 46.2 Å². The highest BCUT2D eigenvalue weighted by Crippen LogP contribution is 2.34. The molecule has 0 spiro atoms. The fourth-order valence-corrected chi connectivity index (χ4v) is 5.10. The molecular weight excluding hydrogens is 390 g/mol. The van der Waals surface area contributed by atoms with E-state index >= 15 is 0 Å². The molecule has 26 heavy (non-hydrogen) atoms. The largest absolute Gasteiger partial charge is 0.374 e. The second-order valence-corrected chi connectivity index (χ2v) is 9.61. The van der Waals surface area contributed by atoms with Crippen molar-refractivity contribution in [1.29, 1.82) is 0 Å². The van der Waals surface area contributed by atoms with Gasteiger partial charge in [-0.2, -0.15) is 0 Å². The van der Waals surface area contributed by atoms with Gasteiger partial charge >= 0.3 is 0 Å². The number of carbonyl (C=O) groups excluding carboxylic acids is 1. The van der Waals surface area contributed by atoms with E-state index < -0.39 is 0 Å². The molecule has 2 aromatic heterocycles. The van der Waals surface area contributed by atoms with E-state index in [2.05, 4.69) is 29.0 Å². The van der Waals surface area contributed by atoms with Crippen molar-refractivity contribution >= 4 is 40.2 Å². The zero-order chi connectivity index (χ0) is 18.7. The molecule has 3 rings (SSSR count). The van der Waals surface area contributed by atoms with E-state index in [1.807, 2.05) is 19.1 Å². The number of thiophene rings is 1. The zero-order valence-electron chi connectivity index (χ0n) is 15.3. The Balaban J connectivity index is 1.57. The lowest BCUT2D eigenvalue weighted by Gasteiger charge is -2.33. The Kier molecular flexibility index (Phi) is 6.69. The number of morpholine rings is 1. The zero-order valence-corrected chi connectivity index (χ0v) is 17.6. The smallest absolute Gasteiger partial charge is 0.263 e. The van der Waals surface area contributed by atoms with Gasteiger partial charge in [0.05, 0.1) is 27.6 Å². The number of aromatic nitrogens is 1. The Bertz CT molecular complexity index is 759. The molecule has 0 bridgehead atoms. The fraction of sp³-hybridized carbons (Fsp3) is 0.556. The number of halogens is 1. The molecule has 142 valence electrons. The van der Waals surface area contributed by atoms with Gasteiger partial charge in [-0.3, -0.25) is 9.69 Å². The summed E-state index contributed by atoms with van der Waals surface area (Å²) in [6, 6.07) is 3.79. The van der Waals surface area contributed by atoms with Gasteiger partial charge in [-0.25, -0.2) is 4.98 Å². The van der Waals surface area contributed by atoms with Gasteiger partial charge in [0.2, 0.25) is 0 Å². The Labute approximate surface area is 167 Å². The summed E-state index contributed by atoms with van der Waals surface area (Å²) in [7, 11) is 0. The van der Waals surface area contributed by atoms with Gasteiger partial charge in [0.25, 0.3) is 5.91 Å². The minimum Gasteiger partial charge on any atom is -0.374 e. The number of aryl methyl sites for hydroxylation is 1. The Morgan fingerprint density at radius 1 is 1.46 bits per heavy atom. The summed E-state index contributed by atoms with van der Waals surface area (Å²) in [6.07, 6.45) is 0.0373. The topological polar surface area (TPSA) is 54.5 Å². The van der Waals surface area contributed by atoms with Crippen LogP contribution < -0.4 is 5.32 Å². The number of hydrogen-bond donors (Lipinski definition) is 1. The van der Waals surface area contributed by atoms with Gasteiger partial charge in [-0.15, -0.1) is 22.7 Å². The third-order valence-corrected chi connectivity index (χ3v) is 6.68. The molecular formula is C18H24ClN3O2S2. The maximum absolute atomic E-state index is 12.6. The molecule has 5 nitrogen and oxygen atoms in total. The van der Waals surface area contributed by atoms with E-state index in [4.69, 9.17) is 16.3 Å². The van der Waals surface area contributed by atoms with Crippen LogP contribution in [-0.4, -0.2) is 54.7 Å². The van der Waals surface area contributed by atoms with Crippen molar-refractivity contribution in [3.63, 3.8) is 0 Å². The first kappa shape index (κ1) is 19.8. The predicted octanol–water partition coefficient (Wildman–Crippen LogP) is 3.92. The summed E-state index contributed by atoms with van der Waals surface area (Å²) in [5.41, 5.74) is 0.748. The standard InChI is InChI=1S/C18H24ClN3O2S2/c1-11(2)9-22-6-7-24-13(10-22)8-20-17(23)16-12(3)21-18(26-16)14-4-5-15(19)25-14/h4-5,11,13H,6-10H2,1-3H3,(H,20,23). The molecule has 8 heteroatoms. The maximum Gasteiger partial charge on any atom is 0.263 e. The summed E-state index contributed by atoms with van der Waals surface area (Å²) in [5, 5.41) is 3.85. The lowest BCUT2D eigenvalue weighted by Crippen LogP contribution is -2.48. The highest BCUT2D eigenvalue weighted by atomic mass is 35.5. The molecule has 1 amide bonds. The summed E-state index contributed by atoms with van der Waals surface area (Å²) < 4.78 is 6.52. The van der Waals surface area contributed by atoms with Crippen molar-refractivity contribution in [3.8, 4) is 9.88 Å². The summed E-state index contributed by atoms with van der Waals surface area (Å²) in [5.74, 6) is 0.547. The van der Waals surface area contributed by atoms with Gasteiger partial charge in [-0.1, -0.05) is 25.4 Å². The average molecular weight is 414 g/mol. The van der Waals surface area contributed by atoms with Crippen molar-refractivity contribution in [3.05, 3.63) is 27.0 Å². The second kappa shape index (κ2) is 8.80. The van der Waals surface area contributed by atoms with Crippen LogP contribution in [0.4, 0.5) is 0 Å². The molecule has 0 saturated carbocycles. The van der Waals surface area contributed by atoms with Crippen LogP contribution in [0.1, 0.15) is 29.2 Å². The normalized spacial score (nSPS) is 18.4. The van der Waals surface area contributed by atoms with Crippen LogP contribution in [-0.2, 0) is 4.74 Å². The van der Waals surface area contributed by atoms with Crippen molar-refractivity contribution in [2.45, 2.75) is 26.9 Å². The van der Waals surface area contributed by atoms with Crippen LogP contribution in [0.5, 0.6) is 0 Å². The number of hydrogen-bond acceptors (Lipinski definition) is 6. The average Bonchev–Trinajstić information content (AvgIpc) is 3.18. The summed E-state index contributed by atoms with van der Waals surface area (Å²) in [6.45, 7) is 10.4.